The lowest BCUT2D eigenvalue weighted by atomic mass is 10.0. The highest BCUT2D eigenvalue weighted by molar-refractivity contribution is 5.83. The molecular formula is C14H19NO2. The molecule has 0 amide bonds. The molecule has 3 nitrogen and oxygen atoms in total. The van der Waals surface area contributed by atoms with Gasteiger partial charge in [-0.2, -0.15) is 0 Å². The van der Waals surface area contributed by atoms with Crippen LogP contribution in [0.25, 0.3) is 11.0 Å². The predicted octanol–water partition coefficient (Wildman–Crippen LogP) is 3.16. The van der Waals surface area contributed by atoms with Crippen LogP contribution in [0.4, 0.5) is 0 Å². The summed E-state index contributed by atoms with van der Waals surface area (Å²) in [5.41, 5.74) is 8.97. The van der Waals surface area contributed by atoms with Crippen LogP contribution >= 0.6 is 0 Å². The van der Waals surface area contributed by atoms with Crippen LogP contribution in [0.1, 0.15) is 36.7 Å². The number of hydrogen-bond acceptors (Lipinski definition) is 3. The van der Waals surface area contributed by atoms with Crippen molar-refractivity contribution in [2.24, 2.45) is 5.73 Å². The summed E-state index contributed by atoms with van der Waals surface area (Å²) in [5, 5.41) is 1.12. The van der Waals surface area contributed by atoms with Gasteiger partial charge in [-0.15, -0.1) is 0 Å². The minimum absolute atomic E-state index is 0.407. The van der Waals surface area contributed by atoms with E-state index in [1.165, 1.54) is 5.56 Å². The molecular weight excluding hydrogens is 214 g/mol. The SMILES string of the molecule is COCc1c(CN)oc2ccc(C(C)C)cc12. The van der Waals surface area contributed by atoms with Gasteiger partial charge in [-0.3, -0.25) is 0 Å². The number of benzene rings is 1. The van der Waals surface area contributed by atoms with Gasteiger partial charge in [0.2, 0.25) is 0 Å². The van der Waals surface area contributed by atoms with Crippen molar-refractivity contribution in [3.8, 4) is 0 Å². The molecule has 2 aromatic rings. The zero-order valence-corrected chi connectivity index (χ0v) is 10.6. The first-order valence-corrected chi connectivity index (χ1v) is 5.90. The summed E-state index contributed by atoms with van der Waals surface area (Å²) in [6.07, 6.45) is 0. The largest absolute Gasteiger partial charge is 0.459 e. The smallest absolute Gasteiger partial charge is 0.134 e. The minimum Gasteiger partial charge on any atom is -0.459 e. The summed E-state index contributed by atoms with van der Waals surface area (Å²) in [6, 6.07) is 6.30. The normalized spacial score (nSPS) is 11.6. The lowest BCUT2D eigenvalue weighted by molar-refractivity contribution is 0.184. The predicted molar refractivity (Wildman–Crippen MR) is 68.9 cm³/mol. The van der Waals surface area contributed by atoms with Gasteiger partial charge in [0.25, 0.3) is 0 Å². The maximum atomic E-state index is 5.73. The summed E-state index contributed by atoms with van der Waals surface area (Å²) >= 11 is 0. The monoisotopic (exact) mass is 233 g/mol. The van der Waals surface area contributed by atoms with Crippen LogP contribution in [0, 0.1) is 0 Å². The van der Waals surface area contributed by atoms with Crippen LogP contribution in [0.2, 0.25) is 0 Å². The molecule has 17 heavy (non-hydrogen) atoms. The van der Waals surface area contributed by atoms with Crippen molar-refractivity contribution in [2.75, 3.05) is 7.11 Å². The molecule has 2 rings (SSSR count). The average Bonchev–Trinajstić information content (AvgIpc) is 2.67. The molecule has 0 atom stereocenters. The van der Waals surface area contributed by atoms with E-state index >= 15 is 0 Å². The van der Waals surface area contributed by atoms with Crippen molar-refractivity contribution in [1.82, 2.24) is 0 Å². The molecule has 2 N–H and O–H groups in total. The van der Waals surface area contributed by atoms with E-state index in [4.69, 9.17) is 14.9 Å². The molecule has 0 unspecified atom stereocenters. The van der Waals surface area contributed by atoms with Crippen molar-refractivity contribution < 1.29 is 9.15 Å². The van der Waals surface area contributed by atoms with E-state index in [0.717, 1.165) is 22.3 Å². The number of methoxy groups -OCH3 is 1. The van der Waals surface area contributed by atoms with E-state index in [0.29, 0.717) is 19.1 Å². The van der Waals surface area contributed by atoms with Crippen molar-refractivity contribution in [3.63, 3.8) is 0 Å². The molecule has 1 aromatic carbocycles. The fourth-order valence-electron chi connectivity index (χ4n) is 2.04. The second-order valence-corrected chi connectivity index (χ2v) is 4.55. The van der Waals surface area contributed by atoms with E-state index in [-0.39, 0.29) is 0 Å². The molecule has 0 aliphatic heterocycles. The molecule has 0 fully saturated rings. The number of furan rings is 1. The van der Waals surface area contributed by atoms with E-state index in [9.17, 15) is 0 Å². The van der Waals surface area contributed by atoms with Crippen molar-refractivity contribution in [3.05, 3.63) is 35.1 Å². The second kappa shape index (κ2) is 4.90. The van der Waals surface area contributed by atoms with Gasteiger partial charge in [0.05, 0.1) is 13.2 Å². The average molecular weight is 233 g/mol. The maximum absolute atomic E-state index is 5.73. The molecule has 0 saturated heterocycles. The van der Waals surface area contributed by atoms with Crippen molar-refractivity contribution in [2.45, 2.75) is 32.9 Å². The van der Waals surface area contributed by atoms with Crippen LogP contribution in [0.15, 0.2) is 22.6 Å². The van der Waals surface area contributed by atoms with Crippen LogP contribution in [-0.4, -0.2) is 7.11 Å². The third kappa shape index (κ3) is 2.21. The van der Waals surface area contributed by atoms with E-state index in [1.807, 2.05) is 6.07 Å². The van der Waals surface area contributed by atoms with Gasteiger partial charge in [-0.1, -0.05) is 19.9 Å². The van der Waals surface area contributed by atoms with Crippen LogP contribution < -0.4 is 5.73 Å². The zero-order valence-electron chi connectivity index (χ0n) is 10.6. The Morgan fingerprint density at radius 1 is 1.35 bits per heavy atom. The zero-order chi connectivity index (χ0) is 12.4. The first kappa shape index (κ1) is 12.1. The Morgan fingerprint density at radius 3 is 2.71 bits per heavy atom. The molecule has 0 aliphatic rings. The second-order valence-electron chi connectivity index (χ2n) is 4.55. The summed E-state index contributed by atoms with van der Waals surface area (Å²) in [6.45, 7) is 5.31. The Bertz CT molecular complexity index is 514. The van der Waals surface area contributed by atoms with Gasteiger partial charge in [0.1, 0.15) is 11.3 Å². The Hall–Kier alpha value is -1.32. The van der Waals surface area contributed by atoms with Crippen LogP contribution in [-0.2, 0) is 17.9 Å². The number of ether oxygens (including phenoxy) is 1. The summed E-state index contributed by atoms with van der Waals surface area (Å²) in [5.74, 6) is 1.33. The van der Waals surface area contributed by atoms with Gasteiger partial charge in [0.15, 0.2) is 0 Å². The Morgan fingerprint density at radius 2 is 2.12 bits per heavy atom. The Balaban J connectivity index is 2.60. The van der Waals surface area contributed by atoms with Gasteiger partial charge in [0, 0.05) is 18.1 Å². The topological polar surface area (TPSA) is 48.4 Å². The number of nitrogens with two attached hydrogens (primary N) is 1. The molecule has 1 heterocycles. The fraction of sp³-hybridized carbons (Fsp3) is 0.429. The van der Waals surface area contributed by atoms with Crippen LogP contribution in [0.3, 0.4) is 0 Å². The Kier molecular flexibility index (Phi) is 3.50. The highest BCUT2D eigenvalue weighted by Gasteiger charge is 2.13. The number of rotatable bonds is 4. The van der Waals surface area contributed by atoms with Gasteiger partial charge in [-0.25, -0.2) is 0 Å². The molecule has 92 valence electrons. The summed E-state index contributed by atoms with van der Waals surface area (Å²) in [4.78, 5) is 0. The first-order chi connectivity index (χ1) is 8.17. The molecule has 0 saturated carbocycles. The standard InChI is InChI=1S/C14H19NO2/c1-9(2)10-4-5-13-11(6-10)12(8-16-3)14(7-15)17-13/h4-6,9H,7-8,15H2,1-3H3. The van der Waals surface area contributed by atoms with Gasteiger partial charge >= 0.3 is 0 Å². The van der Waals surface area contributed by atoms with Crippen LogP contribution in [0.5, 0.6) is 0 Å². The lowest BCUT2D eigenvalue weighted by Gasteiger charge is -2.05. The number of hydrogen-bond donors (Lipinski definition) is 1. The van der Waals surface area contributed by atoms with Crippen molar-refractivity contribution >= 4 is 11.0 Å². The molecule has 3 heteroatoms. The molecule has 0 bridgehead atoms. The highest BCUT2D eigenvalue weighted by Crippen LogP contribution is 2.29. The van der Waals surface area contributed by atoms with Crippen molar-refractivity contribution in [1.29, 1.82) is 0 Å². The molecule has 0 aliphatic carbocycles. The summed E-state index contributed by atoms with van der Waals surface area (Å²) < 4.78 is 11.0. The minimum atomic E-state index is 0.407. The first-order valence-electron chi connectivity index (χ1n) is 5.90. The highest BCUT2D eigenvalue weighted by atomic mass is 16.5. The van der Waals surface area contributed by atoms with Gasteiger partial charge < -0.3 is 14.9 Å². The van der Waals surface area contributed by atoms with E-state index in [1.54, 1.807) is 7.11 Å². The van der Waals surface area contributed by atoms with Gasteiger partial charge in [-0.05, 0) is 23.6 Å². The fourth-order valence-corrected chi connectivity index (χ4v) is 2.04. The summed E-state index contributed by atoms with van der Waals surface area (Å²) in [7, 11) is 1.69. The quantitative estimate of drug-likeness (QED) is 0.882. The third-order valence-electron chi connectivity index (χ3n) is 3.04. The molecule has 0 radical (unpaired) electrons. The number of fused-ring (bicyclic) bond motifs is 1. The maximum Gasteiger partial charge on any atom is 0.134 e. The lowest BCUT2D eigenvalue weighted by Crippen LogP contribution is -1.99. The third-order valence-corrected chi connectivity index (χ3v) is 3.04. The molecule has 1 aromatic heterocycles. The van der Waals surface area contributed by atoms with E-state index < -0.39 is 0 Å². The Labute approximate surface area is 102 Å². The van der Waals surface area contributed by atoms with E-state index in [2.05, 4.69) is 26.0 Å². The molecule has 0 spiro atoms.